The molecule has 134 valence electrons. The molecule has 2 amide bonds. The molecule has 0 radical (unpaired) electrons. The maximum atomic E-state index is 12.5. The van der Waals surface area contributed by atoms with Crippen molar-refractivity contribution < 1.29 is 9.59 Å². The van der Waals surface area contributed by atoms with E-state index in [1.54, 1.807) is 0 Å². The highest BCUT2D eigenvalue weighted by Gasteiger charge is 2.31. The summed E-state index contributed by atoms with van der Waals surface area (Å²) in [4.78, 5) is 28.8. The minimum absolute atomic E-state index is 0.197. The van der Waals surface area contributed by atoms with Crippen LogP contribution in [0.25, 0.3) is 21.9 Å². The molecule has 5 nitrogen and oxygen atoms in total. The molecule has 3 heterocycles. The van der Waals surface area contributed by atoms with Crippen LogP contribution in [-0.2, 0) is 9.59 Å². The number of pyridine rings is 1. The molecule has 0 aliphatic carbocycles. The Labute approximate surface area is 152 Å². The van der Waals surface area contributed by atoms with E-state index < -0.39 is 6.04 Å². The molecule has 1 fully saturated rings. The highest BCUT2D eigenvalue weighted by atomic mass is 16.2. The number of nitrogens with one attached hydrogen (secondary N) is 1. The summed E-state index contributed by atoms with van der Waals surface area (Å²) in [6.45, 7) is 4.44. The van der Waals surface area contributed by atoms with Gasteiger partial charge in [-0.1, -0.05) is 38.5 Å². The van der Waals surface area contributed by atoms with Crippen molar-refractivity contribution in [2.45, 2.75) is 51.5 Å². The van der Waals surface area contributed by atoms with Crippen molar-refractivity contribution >= 4 is 33.8 Å². The van der Waals surface area contributed by atoms with Gasteiger partial charge in [0.05, 0.1) is 5.52 Å². The van der Waals surface area contributed by atoms with E-state index >= 15 is 0 Å². The van der Waals surface area contributed by atoms with Crippen LogP contribution in [0.3, 0.4) is 0 Å². The summed E-state index contributed by atoms with van der Waals surface area (Å²) in [5.74, 6) is -0.0125. The lowest BCUT2D eigenvalue weighted by Crippen LogP contribution is -2.41. The predicted molar refractivity (Wildman–Crippen MR) is 102 cm³/mol. The fourth-order valence-corrected chi connectivity index (χ4v) is 4.18. The van der Waals surface area contributed by atoms with Crippen LogP contribution >= 0.6 is 0 Å². The lowest BCUT2D eigenvalue weighted by atomic mass is 9.94. The largest absolute Gasteiger partial charge is 0.313 e. The fraction of sp³-hybridized carbons (Fsp3) is 0.381. The van der Waals surface area contributed by atoms with Gasteiger partial charge in [0.1, 0.15) is 11.7 Å². The Hall–Kier alpha value is -2.69. The third-order valence-electron chi connectivity index (χ3n) is 5.40. The molecule has 1 N–H and O–H groups in total. The van der Waals surface area contributed by atoms with Crippen LogP contribution in [0.15, 0.2) is 36.5 Å². The quantitative estimate of drug-likeness (QED) is 0.722. The molecule has 3 aromatic rings. The van der Waals surface area contributed by atoms with Gasteiger partial charge in [-0.25, -0.2) is 4.98 Å². The van der Waals surface area contributed by atoms with E-state index in [4.69, 9.17) is 0 Å². The molecule has 0 saturated carbocycles. The molecule has 1 aliphatic rings. The van der Waals surface area contributed by atoms with Gasteiger partial charge in [0.25, 0.3) is 0 Å². The van der Waals surface area contributed by atoms with E-state index in [1.807, 2.05) is 29.0 Å². The molecule has 0 bridgehead atoms. The lowest BCUT2D eigenvalue weighted by Gasteiger charge is -2.23. The van der Waals surface area contributed by atoms with E-state index in [-0.39, 0.29) is 11.8 Å². The standard InChI is InChI=1S/C21H23N3O2/c1-3-6-13(2)14-11-12-22-20-19(14)15-7-4-5-8-16(15)24(20)17-9-10-18(25)23-21(17)26/h4-5,7-8,11-13,17H,3,6,9-10H2,1-2H3,(H,23,25,26). The number of carbonyl (C=O) groups excluding carboxylic acids is 2. The van der Waals surface area contributed by atoms with Crippen molar-refractivity contribution in [3.63, 3.8) is 0 Å². The molecule has 2 unspecified atom stereocenters. The monoisotopic (exact) mass is 349 g/mol. The maximum absolute atomic E-state index is 12.5. The molecular weight excluding hydrogens is 326 g/mol. The van der Waals surface area contributed by atoms with E-state index in [9.17, 15) is 9.59 Å². The lowest BCUT2D eigenvalue weighted by molar-refractivity contribution is -0.135. The Kier molecular flexibility index (Phi) is 4.23. The first-order valence-corrected chi connectivity index (χ1v) is 9.33. The number of piperidine rings is 1. The van der Waals surface area contributed by atoms with E-state index in [1.165, 1.54) is 5.56 Å². The number of imide groups is 1. The van der Waals surface area contributed by atoms with Crippen LogP contribution in [0.2, 0.25) is 0 Å². The minimum Gasteiger partial charge on any atom is -0.313 e. The smallest absolute Gasteiger partial charge is 0.249 e. The summed E-state index contributed by atoms with van der Waals surface area (Å²) < 4.78 is 2.02. The number of amides is 2. The molecule has 2 aromatic heterocycles. The second-order valence-electron chi connectivity index (χ2n) is 7.14. The zero-order valence-corrected chi connectivity index (χ0v) is 15.2. The van der Waals surface area contributed by atoms with Crippen LogP contribution in [0.5, 0.6) is 0 Å². The van der Waals surface area contributed by atoms with Gasteiger partial charge in [0, 0.05) is 23.4 Å². The van der Waals surface area contributed by atoms with E-state index in [2.05, 4.69) is 36.3 Å². The molecular formula is C21H23N3O2. The number of hydrogen-bond acceptors (Lipinski definition) is 3. The normalized spacial score (nSPS) is 19.1. The third-order valence-corrected chi connectivity index (χ3v) is 5.40. The van der Waals surface area contributed by atoms with Gasteiger partial charge in [-0.2, -0.15) is 0 Å². The second-order valence-corrected chi connectivity index (χ2v) is 7.14. The van der Waals surface area contributed by atoms with Crippen molar-refractivity contribution in [3.05, 3.63) is 42.1 Å². The number of nitrogens with zero attached hydrogens (tertiary/aromatic N) is 2. The number of benzene rings is 1. The van der Waals surface area contributed by atoms with Gasteiger partial charge in [0.15, 0.2) is 0 Å². The van der Waals surface area contributed by atoms with Gasteiger partial charge < -0.3 is 4.57 Å². The average molecular weight is 349 g/mol. The molecule has 0 spiro atoms. The van der Waals surface area contributed by atoms with Gasteiger partial charge in [-0.05, 0) is 36.5 Å². The fourth-order valence-electron chi connectivity index (χ4n) is 4.18. The summed E-state index contributed by atoms with van der Waals surface area (Å²) in [6, 6.07) is 9.85. The Morgan fingerprint density at radius 1 is 1.27 bits per heavy atom. The van der Waals surface area contributed by atoms with E-state index in [0.717, 1.165) is 34.8 Å². The molecule has 1 aliphatic heterocycles. The Morgan fingerprint density at radius 3 is 2.85 bits per heavy atom. The van der Waals surface area contributed by atoms with Crippen molar-refractivity contribution in [2.75, 3.05) is 0 Å². The number of hydrogen-bond donors (Lipinski definition) is 1. The molecule has 26 heavy (non-hydrogen) atoms. The number of fused-ring (bicyclic) bond motifs is 3. The first-order valence-electron chi connectivity index (χ1n) is 9.33. The molecule has 2 atom stereocenters. The number of para-hydroxylation sites is 1. The molecule has 1 saturated heterocycles. The average Bonchev–Trinajstić information content (AvgIpc) is 2.97. The number of carbonyl (C=O) groups is 2. The minimum atomic E-state index is -0.403. The van der Waals surface area contributed by atoms with Gasteiger partial charge >= 0.3 is 0 Å². The predicted octanol–water partition coefficient (Wildman–Crippen LogP) is 4.07. The molecule has 5 heteroatoms. The summed E-state index contributed by atoms with van der Waals surface area (Å²) in [7, 11) is 0. The second kappa shape index (κ2) is 6.56. The SMILES string of the molecule is CCCC(C)c1ccnc2c1c1ccccc1n2C1CCC(=O)NC1=O. The van der Waals surface area contributed by atoms with Gasteiger partial charge in [-0.3, -0.25) is 14.9 Å². The number of aromatic nitrogens is 2. The maximum Gasteiger partial charge on any atom is 0.249 e. The van der Waals surface area contributed by atoms with Crippen molar-refractivity contribution in [1.29, 1.82) is 0 Å². The van der Waals surface area contributed by atoms with Gasteiger partial charge in [-0.15, -0.1) is 0 Å². The topological polar surface area (TPSA) is 64.0 Å². The number of rotatable bonds is 4. The summed E-state index contributed by atoms with van der Waals surface area (Å²) in [6.07, 6.45) is 4.93. The zero-order valence-electron chi connectivity index (χ0n) is 15.2. The van der Waals surface area contributed by atoms with Crippen LogP contribution in [0.4, 0.5) is 0 Å². The molecule has 4 rings (SSSR count). The van der Waals surface area contributed by atoms with Crippen LogP contribution in [-0.4, -0.2) is 21.4 Å². The molecule has 1 aromatic carbocycles. The van der Waals surface area contributed by atoms with Crippen LogP contribution in [0.1, 0.15) is 57.1 Å². The highest BCUT2D eigenvalue weighted by Crippen LogP contribution is 2.38. The van der Waals surface area contributed by atoms with Crippen molar-refractivity contribution in [1.82, 2.24) is 14.9 Å². The summed E-state index contributed by atoms with van der Waals surface area (Å²) in [5.41, 5.74) is 3.11. The Morgan fingerprint density at radius 2 is 2.08 bits per heavy atom. The summed E-state index contributed by atoms with van der Waals surface area (Å²) >= 11 is 0. The van der Waals surface area contributed by atoms with Crippen LogP contribution < -0.4 is 5.32 Å². The van der Waals surface area contributed by atoms with Crippen LogP contribution in [0, 0.1) is 0 Å². The third kappa shape index (κ3) is 2.59. The first kappa shape index (κ1) is 16.8. The highest BCUT2D eigenvalue weighted by molar-refractivity contribution is 6.10. The van der Waals surface area contributed by atoms with Gasteiger partial charge in [0.2, 0.25) is 11.8 Å². The Balaban J connectivity index is 1.99. The zero-order chi connectivity index (χ0) is 18.3. The summed E-state index contributed by atoms with van der Waals surface area (Å²) in [5, 5.41) is 4.73. The Bertz CT molecular complexity index is 1010. The first-order chi connectivity index (χ1) is 12.6. The van der Waals surface area contributed by atoms with Crippen molar-refractivity contribution in [2.24, 2.45) is 0 Å². The van der Waals surface area contributed by atoms with Crippen molar-refractivity contribution in [3.8, 4) is 0 Å². The van der Waals surface area contributed by atoms with E-state index in [0.29, 0.717) is 18.8 Å².